The molecule has 0 heterocycles. The van der Waals surface area contributed by atoms with Crippen molar-refractivity contribution in [1.82, 2.24) is 0 Å². The number of amides is 1. The number of carbonyl (C=O) groups is 1. The molecule has 1 fully saturated rings. The number of rotatable bonds is 4. The van der Waals surface area contributed by atoms with Gasteiger partial charge in [0.2, 0.25) is 5.91 Å². The number of phenols is 1. The lowest BCUT2D eigenvalue weighted by Crippen LogP contribution is -2.36. The van der Waals surface area contributed by atoms with Gasteiger partial charge in [0.15, 0.2) is 0 Å². The molecule has 118 valence electrons. The van der Waals surface area contributed by atoms with Gasteiger partial charge >= 0.3 is 0 Å². The highest BCUT2D eigenvalue weighted by Crippen LogP contribution is 2.38. The fourth-order valence-electron chi connectivity index (χ4n) is 3.04. The summed E-state index contributed by atoms with van der Waals surface area (Å²) in [6.07, 6.45) is 6.03. The number of benzene rings is 1. The average molecular weight is 313 g/mol. The van der Waals surface area contributed by atoms with Crippen molar-refractivity contribution in [1.29, 1.82) is 0 Å². The second-order valence-electron chi connectivity index (χ2n) is 6.01. The fraction of sp³-hybridized carbons (Fsp3) is 0.562. The van der Waals surface area contributed by atoms with Gasteiger partial charge in [-0.1, -0.05) is 25.3 Å². The Bertz CT molecular complexity index is 485. The molecule has 2 rings (SSSR count). The Labute approximate surface area is 132 Å². The van der Waals surface area contributed by atoms with Crippen LogP contribution in [0.2, 0.25) is 0 Å². The fourth-order valence-corrected chi connectivity index (χ4v) is 3.04. The Morgan fingerprint density at radius 3 is 2.62 bits per heavy atom. The maximum Gasteiger partial charge on any atom is 0.225 e. The van der Waals surface area contributed by atoms with Gasteiger partial charge < -0.3 is 16.2 Å². The van der Waals surface area contributed by atoms with Gasteiger partial charge in [-0.3, -0.25) is 4.79 Å². The predicted octanol–water partition coefficient (Wildman–Crippen LogP) is 3.36. The van der Waals surface area contributed by atoms with Gasteiger partial charge in [-0.2, -0.15) is 0 Å². The van der Waals surface area contributed by atoms with Crippen LogP contribution in [0, 0.1) is 12.3 Å². The molecule has 0 aromatic heterocycles. The van der Waals surface area contributed by atoms with Gasteiger partial charge in [0.25, 0.3) is 0 Å². The summed E-state index contributed by atoms with van der Waals surface area (Å²) in [4.78, 5) is 12.2. The maximum absolute atomic E-state index is 12.2. The smallest absolute Gasteiger partial charge is 0.225 e. The Kier molecular flexibility index (Phi) is 6.49. The molecule has 4 N–H and O–H groups in total. The van der Waals surface area contributed by atoms with E-state index in [2.05, 4.69) is 5.32 Å². The summed E-state index contributed by atoms with van der Waals surface area (Å²) in [6, 6.07) is 5.20. The molecular weight excluding hydrogens is 288 g/mol. The van der Waals surface area contributed by atoms with Crippen molar-refractivity contribution in [2.45, 2.75) is 45.4 Å². The Hall–Kier alpha value is -1.26. The first kappa shape index (κ1) is 17.8. The molecule has 1 aromatic carbocycles. The Balaban J connectivity index is 0.00000220. The van der Waals surface area contributed by atoms with Crippen LogP contribution in [-0.4, -0.2) is 17.6 Å². The molecule has 0 unspecified atom stereocenters. The zero-order chi connectivity index (χ0) is 14.6. The molecular formula is C16H25ClN2O2. The van der Waals surface area contributed by atoms with E-state index in [0.717, 1.165) is 31.2 Å². The second-order valence-corrected chi connectivity index (χ2v) is 6.01. The lowest BCUT2D eigenvalue weighted by atomic mass is 9.71. The monoisotopic (exact) mass is 312 g/mol. The van der Waals surface area contributed by atoms with Gasteiger partial charge in [0.1, 0.15) is 5.75 Å². The molecule has 0 radical (unpaired) electrons. The topological polar surface area (TPSA) is 75.3 Å². The molecule has 1 amide bonds. The van der Waals surface area contributed by atoms with Crippen molar-refractivity contribution < 1.29 is 9.90 Å². The number of nitrogens with two attached hydrogens (primary N) is 1. The molecule has 1 aliphatic rings. The first-order valence-corrected chi connectivity index (χ1v) is 7.34. The van der Waals surface area contributed by atoms with Crippen molar-refractivity contribution >= 4 is 24.0 Å². The first-order valence-electron chi connectivity index (χ1n) is 7.34. The highest BCUT2D eigenvalue weighted by molar-refractivity contribution is 5.92. The molecule has 4 nitrogen and oxygen atoms in total. The third kappa shape index (κ3) is 4.61. The molecule has 0 bridgehead atoms. The molecule has 0 spiro atoms. The van der Waals surface area contributed by atoms with Gasteiger partial charge in [-0.15, -0.1) is 12.4 Å². The summed E-state index contributed by atoms with van der Waals surface area (Å²) in [5.74, 6) is 0.0487. The van der Waals surface area contributed by atoms with Gasteiger partial charge in [0.05, 0.1) is 5.69 Å². The minimum absolute atomic E-state index is 0. The zero-order valence-corrected chi connectivity index (χ0v) is 13.3. The number of phenolic OH excluding ortho intramolecular Hbond substituents is 1. The maximum atomic E-state index is 12.2. The van der Waals surface area contributed by atoms with Gasteiger partial charge in [-0.25, -0.2) is 0 Å². The quantitative estimate of drug-likeness (QED) is 0.746. The number of hydrogen-bond acceptors (Lipinski definition) is 3. The number of aryl methyl sites for hydroxylation is 1. The van der Waals surface area contributed by atoms with Crippen LogP contribution in [0.4, 0.5) is 5.69 Å². The average Bonchev–Trinajstić information content (AvgIpc) is 2.44. The van der Waals surface area contributed by atoms with Crippen molar-refractivity contribution in [2.75, 3.05) is 11.9 Å². The minimum Gasteiger partial charge on any atom is -0.506 e. The number of hydrogen-bond donors (Lipinski definition) is 3. The van der Waals surface area contributed by atoms with Crippen LogP contribution in [0.15, 0.2) is 18.2 Å². The molecule has 1 saturated carbocycles. The van der Waals surface area contributed by atoms with E-state index in [1.165, 1.54) is 6.42 Å². The van der Waals surface area contributed by atoms with Crippen LogP contribution < -0.4 is 11.1 Å². The standard InChI is InChI=1S/C16H24N2O2.ClH/c1-12-5-6-14(19)13(9-12)18-15(20)10-16(11-17)7-3-2-4-8-16;/h5-6,9,19H,2-4,7-8,10-11,17H2,1H3,(H,18,20);1H. The molecule has 0 atom stereocenters. The van der Waals surface area contributed by atoms with E-state index in [1.807, 2.05) is 13.0 Å². The zero-order valence-electron chi connectivity index (χ0n) is 12.5. The molecule has 0 saturated heterocycles. The van der Waals surface area contributed by atoms with Crippen LogP contribution in [0.25, 0.3) is 0 Å². The van der Waals surface area contributed by atoms with Crippen molar-refractivity contribution in [3.05, 3.63) is 23.8 Å². The third-order valence-corrected chi connectivity index (χ3v) is 4.31. The van der Waals surface area contributed by atoms with Crippen molar-refractivity contribution in [3.8, 4) is 5.75 Å². The Morgan fingerprint density at radius 1 is 1.33 bits per heavy atom. The van der Waals surface area contributed by atoms with E-state index in [9.17, 15) is 9.90 Å². The number of halogens is 1. The third-order valence-electron chi connectivity index (χ3n) is 4.31. The van der Waals surface area contributed by atoms with Crippen molar-refractivity contribution in [3.63, 3.8) is 0 Å². The first-order chi connectivity index (χ1) is 9.54. The molecule has 21 heavy (non-hydrogen) atoms. The SMILES string of the molecule is Cc1ccc(O)c(NC(=O)CC2(CN)CCCCC2)c1.Cl. The van der Waals surface area contributed by atoms with Crippen LogP contribution in [0.3, 0.4) is 0 Å². The van der Waals surface area contributed by atoms with E-state index in [0.29, 0.717) is 18.7 Å². The van der Waals surface area contributed by atoms with Gasteiger partial charge in [-0.05, 0) is 49.4 Å². The van der Waals surface area contributed by atoms with Crippen molar-refractivity contribution in [2.24, 2.45) is 11.1 Å². The minimum atomic E-state index is -0.0572. The molecule has 0 aliphatic heterocycles. The highest BCUT2D eigenvalue weighted by atomic mass is 35.5. The van der Waals surface area contributed by atoms with E-state index >= 15 is 0 Å². The van der Waals surface area contributed by atoms with E-state index < -0.39 is 0 Å². The van der Waals surface area contributed by atoms with Crippen LogP contribution in [0.5, 0.6) is 5.75 Å². The summed E-state index contributed by atoms with van der Waals surface area (Å²) in [6.45, 7) is 2.48. The van der Waals surface area contributed by atoms with E-state index in [1.54, 1.807) is 12.1 Å². The summed E-state index contributed by atoms with van der Waals surface area (Å²) in [7, 11) is 0. The lowest BCUT2D eigenvalue weighted by molar-refractivity contribution is -0.118. The highest BCUT2D eigenvalue weighted by Gasteiger charge is 2.33. The number of nitrogens with one attached hydrogen (secondary N) is 1. The summed E-state index contributed by atoms with van der Waals surface area (Å²) in [5.41, 5.74) is 7.34. The second kappa shape index (κ2) is 7.66. The molecule has 1 aromatic rings. The van der Waals surface area contributed by atoms with Crippen LogP contribution >= 0.6 is 12.4 Å². The van der Waals surface area contributed by atoms with E-state index in [-0.39, 0.29) is 29.5 Å². The van der Waals surface area contributed by atoms with E-state index in [4.69, 9.17) is 5.73 Å². The lowest BCUT2D eigenvalue weighted by Gasteiger charge is -2.35. The predicted molar refractivity (Wildman–Crippen MR) is 87.9 cm³/mol. The number of anilines is 1. The largest absolute Gasteiger partial charge is 0.506 e. The molecule has 5 heteroatoms. The summed E-state index contributed by atoms with van der Waals surface area (Å²) < 4.78 is 0. The molecule has 1 aliphatic carbocycles. The Morgan fingerprint density at radius 2 is 2.00 bits per heavy atom. The number of carbonyl (C=O) groups excluding carboxylic acids is 1. The van der Waals surface area contributed by atoms with Crippen LogP contribution in [-0.2, 0) is 4.79 Å². The summed E-state index contributed by atoms with van der Waals surface area (Å²) >= 11 is 0. The van der Waals surface area contributed by atoms with Gasteiger partial charge in [0, 0.05) is 6.42 Å². The van der Waals surface area contributed by atoms with Crippen LogP contribution in [0.1, 0.15) is 44.1 Å². The summed E-state index contributed by atoms with van der Waals surface area (Å²) in [5, 5.41) is 12.6. The normalized spacial score (nSPS) is 16.9. The number of aromatic hydroxyl groups is 1.